The van der Waals surface area contributed by atoms with Crippen molar-refractivity contribution in [2.75, 3.05) is 0 Å². The van der Waals surface area contributed by atoms with E-state index in [4.69, 9.17) is 0 Å². The van der Waals surface area contributed by atoms with Crippen molar-refractivity contribution >= 4 is 0 Å². The third-order valence-electron chi connectivity index (χ3n) is 3.23. The van der Waals surface area contributed by atoms with Gasteiger partial charge in [-0.15, -0.1) is 0 Å². The average Bonchev–Trinajstić information content (AvgIpc) is 2.50. The lowest BCUT2D eigenvalue weighted by Gasteiger charge is -2.09. The van der Waals surface area contributed by atoms with E-state index < -0.39 is 0 Å². The second-order valence-electron chi connectivity index (χ2n) is 4.56. The molecule has 0 radical (unpaired) electrons. The standard InChI is InChI=1S/C18H15N/c1-2-7-15(8-3-1)13-16-9-4-5-11-18(16)17-10-6-12-19-14-17/h1-12,14H,13H2. The third-order valence-corrected chi connectivity index (χ3v) is 3.23. The summed E-state index contributed by atoms with van der Waals surface area (Å²) in [5, 5.41) is 0. The van der Waals surface area contributed by atoms with Crippen molar-refractivity contribution in [1.29, 1.82) is 0 Å². The number of nitrogens with zero attached hydrogens (tertiary/aromatic N) is 1. The van der Waals surface area contributed by atoms with Gasteiger partial charge in [0.05, 0.1) is 0 Å². The molecular weight excluding hydrogens is 230 g/mol. The lowest BCUT2D eigenvalue weighted by molar-refractivity contribution is 1.19. The van der Waals surface area contributed by atoms with E-state index in [1.54, 1.807) is 0 Å². The van der Waals surface area contributed by atoms with E-state index in [0.717, 1.165) is 6.42 Å². The maximum absolute atomic E-state index is 4.21. The number of hydrogen-bond acceptors (Lipinski definition) is 1. The van der Waals surface area contributed by atoms with Gasteiger partial charge in [-0.25, -0.2) is 0 Å². The van der Waals surface area contributed by atoms with E-state index in [0.29, 0.717) is 0 Å². The van der Waals surface area contributed by atoms with Crippen LogP contribution in [0.4, 0.5) is 0 Å². The van der Waals surface area contributed by atoms with E-state index in [1.165, 1.54) is 22.3 Å². The molecule has 0 spiro atoms. The zero-order chi connectivity index (χ0) is 12.9. The molecule has 0 amide bonds. The molecule has 3 rings (SSSR count). The molecule has 1 heteroatoms. The maximum atomic E-state index is 4.21. The summed E-state index contributed by atoms with van der Waals surface area (Å²) in [4.78, 5) is 4.21. The highest BCUT2D eigenvalue weighted by molar-refractivity contribution is 5.66. The van der Waals surface area contributed by atoms with Gasteiger partial charge in [0.1, 0.15) is 0 Å². The van der Waals surface area contributed by atoms with Crippen LogP contribution in [0.1, 0.15) is 11.1 Å². The van der Waals surface area contributed by atoms with Crippen molar-refractivity contribution in [3.8, 4) is 11.1 Å². The van der Waals surface area contributed by atoms with Crippen LogP contribution in [-0.4, -0.2) is 4.98 Å². The van der Waals surface area contributed by atoms with Gasteiger partial charge >= 0.3 is 0 Å². The Hall–Kier alpha value is -2.41. The molecule has 92 valence electrons. The molecule has 0 aliphatic rings. The molecule has 1 nitrogen and oxygen atoms in total. The first-order chi connectivity index (χ1) is 9.43. The first-order valence-electron chi connectivity index (χ1n) is 6.46. The van der Waals surface area contributed by atoms with Crippen molar-refractivity contribution in [3.05, 3.63) is 90.3 Å². The molecule has 19 heavy (non-hydrogen) atoms. The van der Waals surface area contributed by atoms with E-state index in [-0.39, 0.29) is 0 Å². The Morgan fingerprint density at radius 2 is 1.53 bits per heavy atom. The van der Waals surface area contributed by atoms with Crippen LogP contribution in [0.15, 0.2) is 79.1 Å². The molecule has 0 N–H and O–H groups in total. The van der Waals surface area contributed by atoms with Crippen molar-refractivity contribution in [3.63, 3.8) is 0 Å². The van der Waals surface area contributed by atoms with Gasteiger partial charge in [0.2, 0.25) is 0 Å². The third kappa shape index (κ3) is 2.71. The topological polar surface area (TPSA) is 12.9 Å². The highest BCUT2D eigenvalue weighted by atomic mass is 14.6. The summed E-state index contributed by atoms with van der Waals surface area (Å²) in [6.07, 6.45) is 4.68. The summed E-state index contributed by atoms with van der Waals surface area (Å²) in [7, 11) is 0. The number of benzene rings is 2. The molecule has 1 heterocycles. The Bertz CT molecular complexity index is 645. The second-order valence-corrected chi connectivity index (χ2v) is 4.56. The first kappa shape index (κ1) is 11.7. The Kier molecular flexibility index (Phi) is 3.37. The normalized spacial score (nSPS) is 10.3. The number of hydrogen-bond donors (Lipinski definition) is 0. The van der Waals surface area contributed by atoms with Crippen molar-refractivity contribution in [2.24, 2.45) is 0 Å². The lowest BCUT2D eigenvalue weighted by atomic mass is 9.96. The van der Waals surface area contributed by atoms with Gasteiger partial charge in [-0.05, 0) is 29.2 Å². The van der Waals surface area contributed by atoms with Crippen molar-refractivity contribution < 1.29 is 0 Å². The van der Waals surface area contributed by atoms with Crippen molar-refractivity contribution in [1.82, 2.24) is 4.98 Å². The summed E-state index contributed by atoms with van der Waals surface area (Å²) in [5.74, 6) is 0. The quantitative estimate of drug-likeness (QED) is 0.669. The fraction of sp³-hybridized carbons (Fsp3) is 0.0556. The summed E-state index contributed by atoms with van der Waals surface area (Å²) in [6, 6.07) is 23.2. The molecule has 0 aliphatic carbocycles. The van der Waals surface area contributed by atoms with Crippen LogP contribution in [0.5, 0.6) is 0 Å². The molecule has 0 aliphatic heterocycles. The van der Waals surface area contributed by atoms with Crippen LogP contribution < -0.4 is 0 Å². The minimum absolute atomic E-state index is 0.950. The zero-order valence-electron chi connectivity index (χ0n) is 10.7. The fourth-order valence-electron chi connectivity index (χ4n) is 2.29. The molecule has 3 aromatic rings. The van der Waals surface area contributed by atoms with Crippen molar-refractivity contribution in [2.45, 2.75) is 6.42 Å². The van der Waals surface area contributed by atoms with Crippen LogP contribution in [0.3, 0.4) is 0 Å². The molecular formula is C18H15N. The predicted molar refractivity (Wildman–Crippen MR) is 78.9 cm³/mol. The summed E-state index contributed by atoms with van der Waals surface area (Å²) >= 11 is 0. The highest BCUT2D eigenvalue weighted by Crippen LogP contribution is 2.24. The number of aromatic nitrogens is 1. The van der Waals surface area contributed by atoms with E-state index in [2.05, 4.69) is 65.6 Å². The zero-order valence-corrected chi connectivity index (χ0v) is 10.7. The van der Waals surface area contributed by atoms with E-state index in [9.17, 15) is 0 Å². The minimum atomic E-state index is 0.950. The van der Waals surface area contributed by atoms with E-state index >= 15 is 0 Å². The Labute approximate surface area is 113 Å². The van der Waals surface area contributed by atoms with Crippen LogP contribution >= 0.6 is 0 Å². The van der Waals surface area contributed by atoms with Gasteiger partial charge < -0.3 is 0 Å². The summed E-state index contributed by atoms with van der Waals surface area (Å²) < 4.78 is 0. The number of pyridine rings is 1. The minimum Gasteiger partial charge on any atom is -0.264 e. The van der Waals surface area contributed by atoms with Crippen LogP contribution in [0.2, 0.25) is 0 Å². The van der Waals surface area contributed by atoms with Gasteiger partial charge in [0, 0.05) is 18.0 Å². The van der Waals surface area contributed by atoms with Gasteiger partial charge in [-0.2, -0.15) is 0 Å². The fourth-order valence-corrected chi connectivity index (χ4v) is 2.29. The number of rotatable bonds is 3. The van der Waals surface area contributed by atoms with Crippen LogP contribution in [0, 0.1) is 0 Å². The first-order valence-corrected chi connectivity index (χ1v) is 6.46. The van der Waals surface area contributed by atoms with E-state index in [1.807, 2.05) is 18.5 Å². The molecule has 0 bridgehead atoms. The molecule has 0 saturated carbocycles. The SMILES string of the molecule is c1ccc(Cc2ccccc2-c2cccnc2)cc1. The highest BCUT2D eigenvalue weighted by Gasteiger charge is 2.05. The molecule has 2 aromatic carbocycles. The molecule has 0 saturated heterocycles. The van der Waals surface area contributed by atoms with Gasteiger partial charge in [-0.3, -0.25) is 4.98 Å². The largest absolute Gasteiger partial charge is 0.264 e. The summed E-state index contributed by atoms with van der Waals surface area (Å²) in [6.45, 7) is 0. The van der Waals surface area contributed by atoms with Gasteiger partial charge in [0.25, 0.3) is 0 Å². The average molecular weight is 245 g/mol. The smallest absolute Gasteiger partial charge is 0.0346 e. The molecule has 1 aromatic heterocycles. The molecule has 0 unspecified atom stereocenters. The van der Waals surface area contributed by atoms with Crippen LogP contribution in [-0.2, 0) is 6.42 Å². The Morgan fingerprint density at radius 3 is 2.32 bits per heavy atom. The van der Waals surface area contributed by atoms with Crippen LogP contribution in [0.25, 0.3) is 11.1 Å². The van der Waals surface area contributed by atoms with Gasteiger partial charge in [0.15, 0.2) is 0 Å². The van der Waals surface area contributed by atoms with Gasteiger partial charge in [-0.1, -0.05) is 60.7 Å². The molecule has 0 atom stereocenters. The predicted octanol–water partition coefficient (Wildman–Crippen LogP) is 4.34. The monoisotopic (exact) mass is 245 g/mol. The summed E-state index contributed by atoms with van der Waals surface area (Å²) in [5.41, 5.74) is 5.11. The Morgan fingerprint density at radius 1 is 0.737 bits per heavy atom. The second kappa shape index (κ2) is 5.49. The molecule has 0 fully saturated rings. The lowest BCUT2D eigenvalue weighted by Crippen LogP contribution is -1.92. The Balaban J connectivity index is 1.99. The maximum Gasteiger partial charge on any atom is 0.0346 e.